The van der Waals surface area contributed by atoms with E-state index in [9.17, 15) is 0 Å². The Morgan fingerprint density at radius 1 is 1.10 bits per heavy atom. The largest absolute Gasteiger partial charge is 0.0839 e. The van der Waals surface area contributed by atoms with Crippen LogP contribution in [0.1, 0.15) is 74.9 Å². The molecule has 0 aliphatic heterocycles. The summed E-state index contributed by atoms with van der Waals surface area (Å²) in [6.45, 7) is 9.40. The molecule has 0 amide bonds. The van der Waals surface area contributed by atoms with Gasteiger partial charge in [-0.05, 0) is 66.5 Å². The lowest BCUT2D eigenvalue weighted by atomic mass is 9.82. The second-order valence-electron chi connectivity index (χ2n) is 7.81. The van der Waals surface area contributed by atoms with E-state index in [0.29, 0.717) is 10.2 Å². The molecule has 0 saturated carbocycles. The van der Waals surface area contributed by atoms with E-state index in [-0.39, 0.29) is 0 Å². The first-order chi connectivity index (χ1) is 9.35. The van der Waals surface area contributed by atoms with Crippen molar-refractivity contribution in [3.63, 3.8) is 0 Å². The lowest BCUT2D eigenvalue weighted by Gasteiger charge is -2.25. The molecule has 0 N–H and O–H groups in total. The number of benzene rings is 1. The minimum absolute atomic E-state index is 0.433. The summed E-state index contributed by atoms with van der Waals surface area (Å²) in [4.78, 5) is 0.507. The van der Waals surface area contributed by atoms with E-state index >= 15 is 0 Å². The summed E-state index contributed by atoms with van der Waals surface area (Å²) >= 11 is 3.92. The first kappa shape index (κ1) is 16.1. The average Bonchev–Trinajstić information content (AvgIpc) is 2.35. The maximum Gasteiger partial charge on any atom is 0.0398 e. The molecule has 112 valence electrons. The van der Waals surface area contributed by atoms with Gasteiger partial charge in [0.25, 0.3) is 0 Å². The smallest absolute Gasteiger partial charge is 0.0398 e. The zero-order valence-corrected chi connectivity index (χ0v) is 15.1. The summed E-state index contributed by atoms with van der Waals surface area (Å²) in [6, 6.07) is 7.16. The predicted octanol–water partition coefficient (Wildman–Crippen LogP) is 6.46. The Hall–Kier alpha value is -0.300. The molecule has 0 aromatic heterocycles. The zero-order valence-electron chi connectivity index (χ0n) is 13.5. The highest BCUT2D eigenvalue weighted by Crippen LogP contribution is 2.36. The van der Waals surface area contributed by atoms with Crippen molar-refractivity contribution >= 4 is 15.9 Å². The summed E-state index contributed by atoms with van der Waals surface area (Å²) in [5.74, 6) is 0.760. The molecule has 0 fully saturated rings. The molecule has 1 heteroatoms. The fourth-order valence-corrected chi connectivity index (χ4v) is 4.49. The van der Waals surface area contributed by atoms with Crippen LogP contribution in [-0.4, -0.2) is 0 Å². The van der Waals surface area contributed by atoms with Crippen LogP contribution in [-0.2, 0) is 12.8 Å². The number of aryl methyl sites for hydroxylation is 2. The van der Waals surface area contributed by atoms with Gasteiger partial charge in [-0.1, -0.05) is 61.8 Å². The standard InChI is InChI=1S/C19H29Br/c1-14(13-19(2,3)4)11-18(20)17-10-9-15-7-5-6-8-16(15)12-17/h9-10,12,14,18H,5-8,11,13H2,1-4H3. The molecule has 0 saturated heterocycles. The molecule has 1 aromatic carbocycles. The Labute approximate surface area is 133 Å². The number of halogens is 1. The predicted molar refractivity (Wildman–Crippen MR) is 92.6 cm³/mol. The number of fused-ring (bicyclic) bond motifs is 1. The van der Waals surface area contributed by atoms with Gasteiger partial charge in [0.1, 0.15) is 0 Å². The van der Waals surface area contributed by atoms with Crippen LogP contribution in [0.25, 0.3) is 0 Å². The van der Waals surface area contributed by atoms with Gasteiger partial charge in [0.2, 0.25) is 0 Å². The van der Waals surface area contributed by atoms with Crippen molar-refractivity contribution in [3.8, 4) is 0 Å². The third kappa shape index (κ3) is 4.62. The number of hydrogen-bond donors (Lipinski definition) is 0. The van der Waals surface area contributed by atoms with Crippen LogP contribution in [0.3, 0.4) is 0 Å². The van der Waals surface area contributed by atoms with Crippen molar-refractivity contribution in [2.45, 2.75) is 71.0 Å². The molecule has 2 atom stereocenters. The molecule has 0 spiro atoms. The van der Waals surface area contributed by atoms with E-state index < -0.39 is 0 Å². The van der Waals surface area contributed by atoms with Crippen molar-refractivity contribution in [1.29, 1.82) is 0 Å². The molecule has 0 heterocycles. The average molecular weight is 337 g/mol. The Kier molecular flexibility index (Phi) is 5.34. The molecular weight excluding hydrogens is 308 g/mol. The normalized spacial score (nSPS) is 18.4. The van der Waals surface area contributed by atoms with Crippen molar-refractivity contribution < 1.29 is 0 Å². The molecular formula is C19H29Br. The van der Waals surface area contributed by atoms with Crippen LogP contribution in [0.4, 0.5) is 0 Å². The van der Waals surface area contributed by atoms with Gasteiger partial charge in [0.15, 0.2) is 0 Å². The molecule has 0 bridgehead atoms. The molecule has 20 heavy (non-hydrogen) atoms. The lowest BCUT2D eigenvalue weighted by molar-refractivity contribution is 0.296. The Bertz CT molecular complexity index is 442. The second-order valence-corrected chi connectivity index (χ2v) is 8.91. The van der Waals surface area contributed by atoms with Gasteiger partial charge in [-0.3, -0.25) is 0 Å². The zero-order chi connectivity index (χ0) is 14.8. The quantitative estimate of drug-likeness (QED) is 0.553. The molecule has 1 aliphatic rings. The highest BCUT2D eigenvalue weighted by atomic mass is 79.9. The summed E-state index contributed by atoms with van der Waals surface area (Å²) in [5.41, 5.74) is 5.10. The van der Waals surface area contributed by atoms with Gasteiger partial charge < -0.3 is 0 Å². The van der Waals surface area contributed by atoms with Crippen molar-refractivity contribution in [2.75, 3.05) is 0 Å². The summed E-state index contributed by atoms with van der Waals surface area (Å²) in [5, 5.41) is 0. The molecule has 2 rings (SSSR count). The van der Waals surface area contributed by atoms with E-state index in [1.165, 1.54) is 44.1 Å². The van der Waals surface area contributed by atoms with Crippen LogP contribution >= 0.6 is 15.9 Å². The molecule has 1 aromatic rings. The number of hydrogen-bond acceptors (Lipinski definition) is 0. The fourth-order valence-electron chi connectivity index (χ4n) is 3.57. The van der Waals surface area contributed by atoms with Gasteiger partial charge in [-0.25, -0.2) is 0 Å². The molecule has 0 radical (unpaired) electrons. The van der Waals surface area contributed by atoms with E-state index in [1.807, 2.05) is 0 Å². The van der Waals surface area contributed by atoms with E-state index in [4.69, 9.17) is 0 Å². The van der Waals surface area contributed by atoms with E-state index in [0.717, 1.165) is 5.92 Å². The van der Waals surface area contributed by atoms with E-state index in [2.05, 4.69) is 61.8 Å². The monoisotopic (exact) mass is 336 g/mol. The third-order valence-electron chi connectivity index (χ3n) is 4.30. The SMILES string of the molecule is CC(CC(Br)c1ccc2c(c1)CCCC2)CC(C)(C)C. The summed E-state index contributed by atoms with van der Waals surface area (Å²) in [7, 11) is 0. The number of rotatable bonds is 4. The van der Waals surface area contributed by atoms with Crippen molar-refractivity contribution in [2.24, 2.45) is 11.3 Å². The first-order valence-electron chi connectivity index (χ1n) is 8.11. The Morgan fingerprint density at radius 2 is 1.75 bits per heavy atom. The van der Waals surface area contributed by atoms with Crippen molar-refractivity contribution in [1.82, 2.24) is 0 Å². The van der Waals surface area contributed by atoms with Gasteiger partial charge in [-0.2, -0.15) is 0 Å². The van der Waals surface area contributed by atoms with Gasteiger partial charge in [0.05, 0.1) is 0 Å². The van der Waals surface area contributed by atoms with Gasteiger partial charge in [0, 0.05) is 4.83 Å². The van der Waals surface area contributed by atoms with Gasteiger partial charge >= 0.3 is 0 Å². The van der Waals surface area contributed by atoms with E-state index in [1.54, 1.807) is 11.1 Å². The van der Waals surface area contributed by atoms with Crippen LogP contribution in [0, 0.1) is 11.3 Å². The minimum Gasteiger partial charge on any atom is -0.0839 e. The maximum atomic E-state index is 3.92. The molecule has 1 aliphatic carbocycles. The Morgan fingerprint density at radius 3 is 2.40 bits per heavy atom. The molecule has 0 nitrogen and oxygen atoms in total. The lowest BCUT2D eigenvalue weighted by Crippen LogP contribution is -2.12. The van der Waals surface area contributed by atoms with Gasteiger partial charge in [-0.15, -0.1) is 0 Å². The number of alkyl halides is 1. The first-order valence-corrected chi connectivity index (χ1v) is 9.02. The second kappa shape index (κ2) is 6.64. The summed E-state index contributed by atoms with van der Waals surface area (Å²) < 4.78 is 0. The highest BCUT2D eigenvalue weighted by Gasteiger charge is 2.19. The fraction of sp³-hybridized carbons (Fsp3) is 0.684. The minimum atomic E-state index is 0.433. The topological polar surface area (TPSA) is 0 Å². The van der Waals surface area contributed by atoms with Crippen LogP contribution in [0.15, 0.2) is 18.2 Å². The highest BCUT2D eigenvalue weighted by molar-refractivity contribution is 9.09. The van der Waals surface area contributed by atoms with Crippen LogP contribution in [0.2, 0.25) is 0 Å². The Balaban J connectivity index is 2.00. The van der Waals surface area contributed by atoms with Crippen LogP contribution in [0.5, 0.6) is 0 Å². The van der Waals surface area contributed by atoms with Crippen LogP contribution < -0.4 is 0 Å². The summed E-state index contributed by atoms with van der Waals surface area (Å²) in [6.07, 6.45) is 7.82. The van der Waals surface area contributed by atoms with Crippen molar-refractivity contribution in [3.05, 3.63) is 34.9 Å². The maximum absolute atomic E-state index is 3.92. The third-order valence-corrected chi connectivity index (χ3v) is 5.21. The molecule has 2 unspecified atom stereocenters.